The number of piperidine rings is 1. The second kappa shape index (κ2) is 4.77. The fraction of sp³-hybridized carbons (Fsp3) is 0.923. The second-order valence-corrected chi connectivity index (χ2v) is 6.39. The van der Waals surface area contributed by atoms with E-state index >= 15 is 0 Å². The quantitative estimate of drug-likeness (QED) is 0.799. The maximum atomic E-state index is 12.1. The van der Waals surface area contributed by atoms with Crippen LogP contribution in [0.2, 0.25) is 0 Å². The van der Waals surface area contributed by atoms with Crippen LogP contribution < -0.4 is 10.6 Å². The lowest BCUT2D eigenvalue weighted by Crippen LogP contribution is -2.48. The predicted molar refractivity (Wildman–Crippen MR) is 72.4 cm³/mol. The van der Waals surface area contributed by atoms with E-state index in [1.165, 1.54) is 12.8 Å². The van der Waals surface area contributed by atoms with Gasteiger partial charge in [0, 0.05) is 6.04 Å². The lowest BCUT2D eigenvalue weighted by Gasteiger charge is -2.23. The molecular weight excluding hydrogens is 236 g/mol. The van der Waals surface area contributed by atoms with E-state index in [4.69, 9.17) is 0 Å². The summed E-state index contributed by atoms with van der Waals surface area (Å²) in [5, 5.41) is 6.50. The molecule has 2 aliphatic rings. The summed E-state index contributed by atoms with van der Waals surface area (Å²) in [7, 11) is 0. The number of hydrogen-bond donors (Lipinski definition) is 2. The van der Waals surface area contributed by atoms with Crippen molar-refractivity contribution in [1.29, 1.82) is 0 Å². The van der Waals surface area contributed by atoms with Crippen molar-refractivity contribution in [3.05, 3.63) is 0 Å². The summed E-state index contributed by atoms with van der Waals surface area (Å²) in [4.78, 5) is 12.1. The SMILES string of the molecule is CC1(C)C(NC(=O)[C@@H]2CCCCN2)C1(C)C.Cl. The normalized spacial score (nSPS) is 30.2. The van der Waals surface area contributed by atoms with E-state index in [2.05, 4.69) is 38.3 Å². The molecule has 2 N–H and O–H groups in total. The first-order valence-corrected chi connectivity index (χ1v) is 6.41. The molecule has 1 atom stereocenters. The number of carbonyl (C=O) groups is 1. The van der Waals surface area contributed by atoms with Gasteiger partial charge in [-0.2, -0.15) is 0 Å². The van der Waals surface area contributed by atoms with Crippen LogP contribution in [-0.2, 0) is 4.79 Å². The molecule has 1 aliphatic carbocycles. The van der Waals surface area contributed by atoms with Gasteiger partial charge in [0.25, 0.3) is 0 Å². The summed E-state index contributed by atoms with van der Waals surface area (Å²) in [5.41, 5.74) is 0.467. The van der Waals surface area contributed by atoms with Crippen LogP contribution in [0.4, 0.5) is 0 Å². The zero-order valence-electron chi connectivity index (χ0n) is 11.3. The Balaban J connectivity index is 0.00000144. The maximum absolute atomic E-state index is 12.1. The minimum Gasteiger partial charge on any atom is -0.351 e. The van der Waals surface area contributed by atoms with Gasteiger partial charge in [0.05, 0.1) is 6.04 Å². The van der Waals surface area contributed by atoms with Crippen molar-refractivity contribution in [1.82, 2.24) is 10.6 Å². The molecule has 0 unspecified atom stereocenters. The van der Waals surface area contributed by atoms with Gasteiger partial charge in [-0.05, 0) is 30.2 Å². The summed E-state index contributed by atoms with van der Waals surface area (Å²) in [6, 6.07) is 0.372. The largest absolute Gasteiger partial charge is 0.351 e. The van der Waals surface area contributed by atoms with Crippen LogP contribution in [0.1, 0.15) is 47.0 Å². The number of hydrogen-bond acceptors (Lipinski definition) is 2. The number of carbonyl (C=O) groups excluding carboxylic acids is 1. The molecule has 0 radical (unpaired) electrons. The smallest absolute Gasteiger partial charge is 0.237 e. The molecule has 0 aromatic carbocycles. The van der Waals surface area contributed by atoms with Gasteiger partial charge in [-0.1, -0.05) is 34.1 Å². The molecule has 0 aromatic rings. The van der Waals surface area contributed by atoms with Gasteiger partial charge < -0.3 is 10.6 Å². The molecule has 0 bridgehead atoms. The molecule has 17 heavy (non-hydrogen) atoms. The van der Waals surface area contributed by atoms with Gasteiger partial charge in [0.1, 0.15) is 0 Å². The highest BCUT2D eigenvalue weighted by molar-refractivity contribution is 5.85. The molecule has 1 aliphatic heterocycles. The van der Waals surface area contributed by atoms with Crippen LogP contribution in [0.3, 0.4) is 0 Å². The molecule has 1 heterocycles. The third-order valence-electron chi connectivity index (χ3n) is 4.93. The van der Waals surface area contributed by atoms with E-state index in [1.54, 1.807) is 0 Å². The topological polar surface area (TPSA) is 41.1 Å². The third-order valence-corrected chi connectivity index (χ3v) is 4.93. The van der Waals surface area contributed by atoms with Crippen LogP contribution >= 0.6 is 12.4 Å². The van der Waals surface area contributed by atoms with Crippen molar-refractivity contribution in [3.63, 3.8) is 0 Å². The molecule has 1 amide bonds. The Morgan fingerprint density at radius 3 is 2.18 bits per heavy atom. The zero-order chi connectivity index (χ0) is 12.0. The summed E-state index contributed by atoms with van der Waals surface area (Å²) < 4.78 is 0. The van der Waals surface area contributed by atoms with Crippen molar-refractivity contribution in [2.45, 2.75) is 59.0 Å². The van der Waals surface area contributed by atoms with Gasteiger partial charge in [-0.3, -0.25) is 4.79 Å². The van der Waals surface area contributed by atoms with Gasteiger partial charge >= 0.3 is 0 Å². The van der Waals surface area contributed by atoms with Crippen molar-refractivity contribution in [2.24, 2.45) is 10.8 Å². The fourth-order valence-corrected chi connectivity index (χ4v) is 2.88. The highest BCUT2D eigenvalue weighted by atomic mass is 35.5. The Hall–Kier alpha value is -0.280. The van der Waals surface area contributed by atoms with E-state index in [0.29, 0.717) is 6.04 Å². The summed E-state index contributed by atoms with van der Waals surface area (Å²) in [5.74, 6) is 0.198. The van der Waals surface area contributed by atoms with Gasteiger partial charge in [-0.25, -0.2) is 0 Å². The zero-order valence-corrected chi connectivity index (χ0v) is 12.1. The molecule has 0 spiro atoms. The third kappa shape index (κ3) is 2.45. The highest BCUT2D eigenvalue weighted by Crippen LogP contribution is 2.62. The number of rotatable bonds is 2. The summed E-state index contributed by atoms with van der Waals surface area (Å²) in [6.07, 6.45) is 3.35. The second-order valence-electron chi connectivity index (χ2n) is 6.39. The maximum Gasteiger partial charge on any atom is 0.237 e. The molecule has 2 fully saturated rings. The molecular formula is C13H25ClN2O. The molecule has 0 aromatic heterocycles. The number of amides is 1. The lowest BCUT2D eigenvalue weighted by molar-refractivity contribution is -0.124. The van der Waals surface area contributed by atoms with Gasteiger partial charge in [0.15, 0.2) is 0 Å². The Morgan fingerprint density at radius 1 is 1.18 bits per heavy atom. The highest BCUT2D eigenvalue weighted by Gasteiger charge is 2.65. The average molecular weight is 261 g/mol. The minimum atomic E-state index is 0. The van der Waals surface area contributed by atoms with E-state index in [9.17, 15) is 4.79 Å². The molecule has 100 valence electrons. The van der Waals surface area contributed by atoms with Crippen LogP contribution in [0.25, 0.3) is 0 Å². The number of halogens is 1. The molecule has 1 saturated heterocycles. The van der Waals surface area contributed by atoms with Crippen LogP contribution in [-0.4, -0.2) is 24.5 Å². The molecule has 2 rings (SSSR count). The predicted octanol–water partition coefficient (Wildman–Crippen LogP) is 2.10. The number of nitrogens with one attached hydrogen (secondary N) is 2. The first kappa shape index (κ1) is 14.8. The van der Waals surface area contributed by atoms with Crippen LogP contribution in [0, 0.1) is 10.8 Å². The molecule has 3 nitrogen and oxygen atoms in total. The molecule has 1 saturated carbocycles. The van der Waals surface area contributed by atoms with Crippen molar-refractivity contribution in [3.8, 4) is 0 Å². The lowest BCUT2D eigenvalue weighted by atomic mass is 10.0. The van der Waals surface area contributed by atoms with Crippen LogP contribution in [0.15, 0.2) is 0 Å². The van der Waals surface area contributed by atoms with Crippen molar-refractivity contribution >= 4 is 18.3 Å². The first-order valence-electron chi connectivity index (χ1n) is 6.41. The monoisotopic (exact) mass is 260 g/mol. The Kier molecular flexibility index (Phi) is 4.15. The van der Waals surface area contributed by atoms with E-state index in [-0.39, 0.29) is 35.2 Å². The standard InChI is InChI=1S/C13H24N2O.ClH/c1-12(2)11(13(12,3)4)15-10(16)9-7-5-6-8-14-9;/h9,11,14H,5-8H2,1-4H3,(H,15,16);1H/t9-;/m0./s1. The summed E-state index contributed by atoms with van der Waals surface area (Å²) in [6.45, 7) is 9.90. The first-order chi connectivity index (χ1) is 7.37. The fourth-order valence-electron chi connectivity index (χ4n) is 2.88. The van der Waals surface area contributed by atoms with Crippen molar-refractivity contribution in [2.75, 3.05) is 6.54 Å². The minimum absolute atomic E-state index is 0. The van der Waals surface area contributed by atoms with Gasteiger partial charge in [-0.15, -0.1) is 12.4 Å². The van der Waals surface area contributed by atoms with E-state index in [1.807, 2.05) is 0 Å². The molecule has 4 heteroatoms. The van der Waals surface area contributed by atoms with Crippen molar-refractivity contribution < 1.29 is 4.79 Å². The summed E-state index contributed by atoms with van der Waals surface area (Å²) >= 11 is 0. The Morgan fingerprint density at radius 2 is 1.76 bits per heavy atom. The van der Waals surface area contributed by atoms with E-state index < -0.39 is 0 Å². The Bertz CT molecular complexity index is 282. The van der Waals surface area contributed by atoms with Gasteiger partial charge in [0.2, 0.25) is 5.91 Å². The average Bonchev–Trinajstić information content (AvgIpc) is 2.62. The van der Waals surface area contributed by atoms with Crippen LogP contribution in [0.5, 0.6) is 0 Å². The van der Waals surface area contributed by atoms with E-state index in [0.717, 1.165) is 13.0 Å². The Labute approximate surface area is 111 Å².